The molecule has 0 saturated carbocycles. The van der Waals surface area contributed by atoms with Crippen molar-refractivity contribution in [3.8, 4) is 0 Å². The number of hydrogen-bond acceptors (Lipinski definition) is 11. The topological polar surface area (TPSA) is 297 Å². The Kier molecular flexibility index (Phi) is 19.9. The van der Waals surface area contributed by atoms with Crippen LogP contribution in [0.3, 0.4) is 0 Å². The minimum absolute atomic E-state index is 0.0302. The molecular weight excluding hydrogens is 827 g/mol. The van der Waals surface area contributed by atoms with E-state index in [1.165, 1.54) is 18.3 Å². The number of para-hydroxylation sites is 1. The third kappa shape index (κ3) is 17.1. The molecule has 2 aromatic carbocycles. The van der Waals surface area contributed by atoms with Gasteiger partial charge in [-0.3, -0.25) is 34.8 Å². The van der Waals surface area contributed by atoms with Gasteiger partial charge in [0.1, 0.15) is 24.9 Å². The lowest BCUT2D eigenvalue weighted by atomic mass is 10.00. The van der Waals surface area contributed by atoms with Crippen LogP contribution in [0.1, 0.15) is 86.8 Å². The van der Waals surface area contributed by atoms with Crippen molar-refractivity contribution < 1.29 is 28.7 Å². The Labute approximate surface area is 371 Å². The van der Waals surface area contributed by atoms with Crippen LogP contribution in [0.2, 0.25) is 0 Å². The van der Waals surface area contributed by atoms with Gasteiger partial charge in [0.05, 0.1) is 29.2 Å². The molecule has 20 heteroatoms. The van der Waals surface area contributed by atoms with E-state index in [9.17, 15) is 24.0 Å². The molecule has 4 amide bonds. The van der Waals surface area contributed by atoms with E-state index in [1.54, 1.807) is 23.2 Å². The Morgan fingerprint density at radius 1 is 0.746 bits per heavy atom. The fraction of sp³-hybridized carbons (Fsp3) is 0.465. The molecule has 0 aliphatic rings. The number of ketones is 1. The van der Waals surface area contributed by atoms with Crippen molar-refractivity contribution in [3.63, 3.8) is 0 Å². The number of Topliss-reactive ketones (excluding diaryl/α,β-unsaturated/α-hetero) is 1. The van der Waals surface area contributed by atoms with Gasteiger partial charge in [-0.25, -0.2) is 9.97 Å². The maximum atomic E-state index is 14.3. The second-order valence-corrected chi connectivity index (χ2v) is 16.6. The molecule has 2 heterocycles. The summed E-state index contributed by atoms with van der Waals surface area (Å²) in [5.41, 5.74) is 13.1. The van der Waals surface area contributed by atoms with Crippen LogP contribution in [0.15, 0.2) is 67.1 Å². The average molecular weight is 888 g/mol. The number of aromatic nitrogens is 3. The summed E-state index contributed by atoms with van der Waals surface area (Å²) in [6.07, 6.45) is 5.61. The zero-order valence-electron chi connectivity index (χ0n) is 36.1. The molecule has 2 aromatic heterocycles. The van der Waals surface area contributed by atoms with Crippen LogP contribution < -0.4 is 43.4 Å². The summed E-state index contributed by atoms with van der Waals surface area (Å²) in [5.74, 6) is -2.96. The van der Waals surface area contributed by atoms with E-state index in [-0.39, 0.29) is 61.8 Å². The Morgan fingerprint density at radius 2 is 1.35 bits per heavy atom. The minimum atomic E-state index is -1.14. The molecule has 0 aliphatic heterocycles. The van der Waals surface area contributed by atoms with Gasteiger partial charge in [-0.05, 0) is 68.6 Å². The summed E-state index contributed by atoms with van der Waals surface area (Å²) >= 11 is 1.22. The number of rotatable bonds is 27. The maximum absolute atomic E-state index is 14.3. The van der Waals surface area contributed by atoms with Crippen LogP contribution in [-0.4, -0.2) is 93.1 Å². The highest BCUT2D eigenvalue weighted by Gasteiger charge is 2.32. The molecule has 0 spiro atoms. The molecule has 0 bridgehead atoms. The number of nitrogens with two attached hydrogens (primary N) is 2. The fourth-order valence-electron chi connectivity index (χ4n) is 6.61. The summed E-state index contributed by atoms with van der Waals surface area (Å²) in [7, 11) is 0. The first-order valence-electron chi connectivity index (χ1n) is 21.0. The molecule has 1 unspecified atom stereocenters. The lowest BCUT2D eigenvalue weighted by Gasteiger charge is -2.27. The predicted molar refractivity (Wildman–Crippen MR) is 241 cm³/mol. The van der Waals surface area contributed by atoms with E-state index >= 15 is 0 Å². The zero-order valence-corrected chi connectivity index (χ0v) is 36.9. The predicted octanol–water partition coefficient (Wildman–Crippen LogP) is 2.40. The molecule has 19 nitrogen and oxygen atoms in total. The van der Waals surface area contributed by atoms with Crippen LogP contribution in [0.4, 0.5) is 0 Å². The Hall–Kier alpha value is -6.41. The average Bonchev–Trinajstić information content (AvgIpc) is 3.89. The molecule has 0 saturated heterocycles. The van der Waals surface area contributed by atoms with E-state index in [4.69, 9.17) is 27.0 Å². The number of guanidine groups is 2. The third-order valence-corrected chi connectivity index (χ3v) is 11.0. The maximum Gasteiger partial charge on any atom is 0.243 e. The van der Waals surface area contributed by atoms with E-state index in [0.717, 1.165) is 10.3 Å². The van der Waals surface area contributed by atoms with Gasteiger partial charge in [-0.2, -0.15) is 0 Å². The molecular formula is C43H61N13O6S. The number of hydrogen-bond donors (Lipinski definition) is 10. The van der Waals surface area contributed by atoms with Gasteiger partial charge in [0.25, 0.3) is 0 Å². The first-order valence-corrected chi connectivity index (χ1v) is 21.9. The highest BCUT2D eigenvalue weighted by Crippen LogP contribution is 2.23. The van der Waals surface area contributed by atoms with E-state index in [2.05, 4.69) is 41.9 Å². The number of thiazole rings is 1. The van der Waals surface area contributed by atoms with Crippen molar-refractivity contribution >= 4 is 62.9 Å². The molecule has 0 radical (unpaired) electrons. The number of carbonyl (C=O) groups excluding carboxylic acids is 5. The second-order valence-electron chi connectivity index (χ2n) is 15.6. The number of nitrogens with zero attached hydrogens (tertiary/aromatic N) is 3. The molecule has 4 aromatic rings. The van der Waals surface area contributed by atoms with Crippen molar-refractivity contribution in [3.05, 3.63) is 83.4 Å². The van der Waals surface area contributed by atoms with Crippen LogP contribution in [0.5, 0.6) is 0 Å². The minimum Gasteiger partial charge on any atom is -0.370 e. The standard InChI is InChI=1S/C43H61N13O6S/c1-27(2)18-19-34(39(60)52-32(16-11-21-50-43(46)47)37(58)41-55-31-14-7-8-17-36(31)63-41)54-38(59)33(15-9-10-20-49-42(44)45)53-40(61)35(51-28(3)57)22-30-23-48-25-56(30)26-62-24-29-12-5-4-6-13-29/h4-8,12-14,17,23,25,27,32-35H,9-11,15-16,18-22,24,26H2,1-3H3,(H,51,57)(H,52,60)(H,53,61)(H,54,59)(H4,44,45,49)(H4,46,47,50)/t32-,33?,34-,35-/m0/s1. The summed E-state index contributed by atoms with van der Waals surface area (Å²) in [6, 6.07) is 12.6. The number of imidazole rings is 1. The van der Waals surface area contributed by atoms with E-state index < -0.39 is 53.6 Å². The van der Waals surface area contributed by atoms with Gasteiger partial charge in [-0.1, -0.05) is 56.3 Å². The molecule has 4 atom stereocenters. The molecule has 12 N–H and O–H groups in total. The Morgan fingerprint density at radius 3 is 2.00 bits per heavy atom. The number of benzene rings is 2. The van der Waals surface area contributed by atoms with Crippen molar-refractivity contribution in [2.24, 2.45) is 17.4 Å². The Bertz CT molecular complexity index is 2110. The molecule has 63 heavy (non-hydrogen) atoms. The van der Waals surface area contributed by atoms with Crippen LogP contribution in [-0.2, 0) is 43.7 Å². The fourth-order valence-corrected chi connectivity index (χ4v) is 7.57. The largest absolute Gasteiger partial charge is 0.370 e. The first kappa shape index (κ1) is 49.2. The number of fused-ring (bicyclic) bond motifs is 1. The highest BCUT2D eigenvalue weighted by atomic mass is 32.1. The van der Waals surface area contributed by atoms with Crippen molar-refractivity contribution in [1.82, 2.24) is 46.4 Å². The highest BCUT2D eigenvalue weighted by molar-refractivity contribution is 7.20. The van der Waals surface area contributed by atoms with Gasteiger partial charge in [0.2, 0.25) is 29.4 Å². The normalized spacial score (nSPS) is 13.0. The molecule has 0 fully saturated rings. The zero-order chi connectivity index (χ0) is 45.7. The van der Waals surface area contributed by atoms with Gasteiger partial charge in [-0.15, -0.1) is 11.3 Å². The molecule has 4 rings (SSSR count). The van der Waals surface area contributed by atoms with Crippen LogP contribution in [0, 0.1) is 16.7 Å². The number of ether oxygens (including phenoxy) is 1. The van der Waals surface area contributed by atoms with Crippen molar-refractivity contribution in [2.75, 3.05) is 13.1 Å². The molecule has 0 aliphatic carbocycles. The van der Waals surface area contributed by atoms with Gasteiger partial charge in [0.15, 0.2) is 16.9 Å². The van der Waals surface area contributed by atoms with Gasteiger partial charge < -0.3 is 52.7 Å². The first-order chi connectivity index (χ1) is 30.2. The lowest BCUT2D eigenvalue weighted by Crippen LogP contribution is -2.58. The van der Waals surface area contributed by atoms with Crippen LogP contribution >= 0.6 is 11.3 Å². The second kappa shape index (κ2) is 25.5. The smallest absolute Gasteiger partial charge is 0.243 e. The number of unbranched alkanes of at least 4 members (excludes halogenated alkanes) is 1. The monoisotopic (exact) mass is 887 g/mol. The van der Waals surface area contributed by atoms with Gasteiger partial charge >= 0.3 is 0 Å². The SMILES string of the molecule is CC(=O)N[C@@H](Cc1cncn1COCc1ccccc1)C(=O)NC(CCCCNC(=N)N)C(=O)N[C@@H](CCC(C)C)C(=O)N[C@@H](CCCNC(=N)N)C(=O)c1nc2ccccc2s1. The van der Waals surface area contributed by atoms with Crippen LogP contribution in [0.25, 0.3) is 10.2 Å². The molecule has 340 valence electrons. The third-order valence-electron chi connectivity index (χ3n) is 9.90. The lowest BCUT2D eigenvalue weighted by molar-refractivity contribution is -0.133. The van der Waals surface area contributed by atoms with Crippen molar-refractivity contribution in [2.45, 2.75) is 110 Å². The van der Waals surface area contributed by atoms with E-state index in [1.807, 2.05) is 62.4 Å². The Balaban J connectivity index is 1.53. The van der Waals surface area contributed by atoms with Crippen molar-refractivity contribution in [1.29, 1.82) is 10.8 Å². The summed E-state index contributed by atoms with van der Waals surface area (Å²) in [6.45, 7) is 6.39. The van der Waals surface area contributed by atoms with Gasteiger partial charge in [0, 0.05) is 38.3 Å². The van der Waals surface area contributed by atoms with E-state index in [0.29, 0.717) is 50.0 Å². The number of nitrogens with one attached hydrogen (secondary N) is 8. The summed E-state index contributed by atoms with van der Waals surface area (Å²) < 4.78 is 8.43. The summed E-state index contributed by atoms with van der Waals surface area (Å²) in [4.78, 5) is 77.6. The number of amides is 4. The number of carbonyl (C=O) groups is 5. The summed E-state index contributed by atoms with van der Waals surface area (Å²) in [5, 5.41) is 31.9. The quantitative estimate of drug-likeness (QED) is 0.0179.